The lowest BCUT2D eigenvalue weighted by atomic mass is 10.0. The van der Waals surface area contributed by atoms with E-state index in [9.17, 15) is 9.18 Å². The highest BCUT2D eigenvalue weighted by Gasteiger charge is 2.10. The average molecular weight is 260 g/mol. The quantitative estimate of drug-likeness (QED) is 0.804. The second-order valence-corrected chi connectivity index (χ2v) is 3.98. The molecule has 0 aliphatic carbocycles. The van der Waals surface area contributed by atoms with E-state index in [0.717, 1.165) is 5.56 Å². The molecule has 1 aromatic heterocycles. The van der Waals surface area contributed by atoms with Gasteiger partial charge in [-0.3, -0.25) is 9.78 Å². The van der Waals surface area contributed by atoms with E-state index in [-0.39, 0.29) is 18.1 Å². The number of rotatable bonds is 5. The van der Waals surface area contributed by atoms with Gasteiger partial charge in [0.15, 0.2) is 0 Å². The monoisotopic (exact) mass is 260 g/mol. The number of benzene rings is 1. The Morgan fingerprint density at radius 3 is 2.63 bits per heavy atom. The van der Waals surface area contributed by atoms with Gasteiger partial charge in [-0.1, -0.05) is 24.3 Å². The molecule has 2 N–H and O–H groups in total. The van der Waals surface area contributed by atoms with Crippen LogP contribution in [0, 0.1) is 5.82 Å². The van der Waals surface area contributed by atoms with Crippen molar-refractivity contribution in [3.05, 3.63) is 54.0 Å². The van der Waals surface area contributed by atoms with E-state index in [1.807, 2.05) is 0 Å². The number of halogens is 1. The van der Waals surface area contributed by atoms with Gasteiger partial charge in [-0.25, -0.2) is 4.39 Å². The topological polar surface area (TPSA) is 62.2 Å². The molecule has 2 aromatic rings. The zero-order chi connectivity index (χ0) is 13.7. The Morgan fingerprint density at radius 1 is 1.32 bits per heavy atom. The highest BCUT2D eigenvalue weighted by molar-refractivity contribution is 5.60. The molecule has 0 spiro atoms. The number of carbonyl (C=O) groups is 1. The van der Waals surface area contributed by atoms with Crippen molar-refractivity contribution in [1.82, 2.24) is 10.3 Å². The maximum Gasteiger partial charge on any atom is 0.207 e. The Balaban J connectivity index is 2.28. The van der Waals surface area contributed by atoms with Crippen LogP contribution in [0.15, 0.2) is 42.6 Å². The molecular formula is C14H13FN2O2. The summed E-state index contributed by atoms with van der Waals surface area (Å²) in [5, 5.41) is 11.6. The van der Waals surface area contributed by atoms with Gasteiger partial charge in [0.05, 0.1) is 12.6 Å². The van der Waals surface area contributed by atoms with E-state index in [1.54, 1.807) is 24.3 Å². The first-order chi connectivity index (χ1) is 9.26. The fourth-order valence-corrected chi connectivity index (χ4v) is 1.81. The van der Waals surface area contributed by atoms with Gasteiger partial charge in [0.1, 0.15) is 11.5 Å². The summed E-state index contributed by atoms with van der Waals surface area (Å²) >= 11 is 0. The van der Waals surface area contributed by atoms with E-state index in [2.05, 4.69) is 10.3 Å². The third-order valence-electron chi connectivity index (χ3n) is 2.80. The first kappa shape index (κ1) is 13.2. The molecule has 0 bridgehead atoms. The van der Waals surface area contributed by atoms with Crippen LogP contribution in [-0.4, -0.2) is 23.1 Å². The molecule has 2 rings (SSSR count). The lowest BCUT2D eigenvalue weighted by Gasteiger charge is -2.13. The number of pyridine rings is 1. The number of aliphatic hydroxyl groups excluding tert-OH is 1. The van der Waals surface area contributed by atoms with Gasteiger partial charge in [0.25, 0.3) is 0 Å². The second kappa shape index (κ2) is 6.06. The molecule has 1 atom stereocenters. The molecule has 98 valence electrons. The van der Waals surface area contributed by atoms with Crippen LogP contribution in [0.25, 0.3) is 11.3 Å². The summed E-state index contributed by atoms with van der Waals surface area (Å²) in [6.45, 7) is -0.198. The minimum atomic E-state index is -0.458. The Kier molecular flexibility index (Phi) is 4.20. The zero-order valence-corrected chi connectivity index (χ0v) is 10.1. The summed E-state index contributed by atoms with van der Waals surface area (Å²) in [6, 6.07) is 9.28. The van der Waals surface area contributed by atoms with Crippen molar-refractivity contribution in [3.63, 3.8) is 0 Å². The van der Waals surface area contributed by atoms with Crippen molar-refractivity contribution < 1.29 is 14.3 Å². The van der Waals surface area contributed by atoms with Crippen molar-refractivity contribution in [2.24, 2.45) is 0 Å². The van der Waals surface area contributed by atoms with E-state index >= 15 is 0 Å². The van der Waals surface area contributed by atoms with Crippen LogP contribution >= 0.6 is 0 Å². The summed E-state index contributed by atoms with van der Waals surface area (Å²) in [4.78, 5) is 14.4. The molecule has 1 heterocycles. The lowest BCUT2D eigenvalue weighted by Crippen LogP contribution is -2.22. The number of nitrogens with one attached hydrogen (secondary N) is 1. The minimum absolute atomic E-state index is 0.198. The Bertz CT molecular complexity index is 558. The summed E-state index contributed by atoms with van der Waals surface area (Å²) < 4.78 is 13.6. The molecule has 0 fully saturated rings. The van der Waals surface area contributed by atoms with Crippen molar-refractivity contribution in [2.75, 3.05) is 6.61 Å². The van der Waals surface area contributed by atoms with Gasteiger partial charge in [-0.05, 0) is 17.7 Å². The third-order valence-corrected chi connectivity index (χ3v) is 2.80. The third kappa shape index (κ3) is 2.95. The molecule has 19 heavy (non-hydrogen) atoms. The number of hydrogen-bond acceptors (Lipinski definition) is 3. The molecule has 0 aliphatic rings. The molecule has 0 saturated carbocycles. The number of amides is 1. The normalized spacial score (nSPS) is 11.9. The van der Waals surface area contributed by atoms with Crippen LogP contribution < -0.4 is 5.32 Å². The van der Waals surface area contributed by atoms with Gasteiger partial charge in [0, 0.05) is 11.8 Å². The van der Waals surface area contributed by atoms with Crippen molar-refractivity contribution in [2.45, 2.75) is 6.04 Å². The number of aromatic nitrogens is 1. The van der Waals surface area contributed by atoms with Crippen LogP contribution in [0.3, 0.4) is 0 Å². The molecule has 5 heteroatoms. The van der Waals surface area contributed by atoms with Gasteiger partial charge in [-0.2, -0.15) is 0 Å². The highest BCUT2D eigenvalue weighted by atomic mass is 19.1. The summed E-state index contributed by atoms with van der Waals surface area (Å²) in [6.07, 6.45) is 2.06. The van der Waals surface area contributed by atoms with Crippen LogP contribution in [0.1, 0.15) is 11.6 Å². The molecule has 0 saturated heterocycles. The van der Waals surface area contributed by atoms with Crippen molar-refractivity contribution >= 4 is 6.41 Å². The Morgan fingerprint density at radius 2 is 2.05 bits per heavy atom. The highest BCUT2D eigenvalue weighted by Crippen LogP contribution is 2.22. The SMILES string of the molecule is O=CNC(CO)c1ccc(-c2ncccc2F)cc1. The van der Waals surface area contributed by atoms with E-state index < -0.39 is 6.04 Å². The molecular weight excluding hydrogens is 247 g/mol. The van der Waals surface area contributed by atoms with E-state index in [1.165, 1.54) is 18.3 Å². The van der Waals surface area contributed by atoms with Crippen LogP contribution in [0.4, 0.5) is 4.39 Å². The number of nitrogens with zero attached hydrogens (tertiary/aromatic N) is 1. The first-order valence-corrected chi connectivity index (χ1v) is 5.77. The maximum atomic E-state index is 13.6. The molecule has 4 nitrogen and oxygen atoms in total. The number of aliphatic hydroxyl groups is 1. The molecule has 1 aromatic carbocycles. The van der Waals surface area contributed by atoms with Gasteiger partial charge in [-0.15, -0.1) is 0 Å². The van der Waals surface area contributed by atoms with Gasteiger partial charge in [0.2, 0.25) is 6.41 Å². The van der Waals surface area contributed by atoms with Crippen molar-refractivity contribution in [1.29, 1.82) is 0 Å². The van der Waals surface area contributed by atoms with Crippen LogP contribution in [0.5, 0.6) is 0 Å². The predicted molar refractivity (Wildman–Crippen MR) is 68.7 cm³/mol. The van der Waals surface area contributed by atoms with Crippen LogP contribution in [-0.2, 0) is 4.79 Å². The smallest absolute Gasteiger partial charge is 0.207 e. The Labute approximate surface area is 109 Å². The first-order valence-electron chi connectivity index (χ1n) is 5.77. The largest absolute Gasteiger partial charge is 0.394 e. The van der Waals surface area contributed by atoms with Crippen LogP contribution in [0.2, 0.25) is 0 Å². The molecule has 0 radical (unpaired) electrons. The minimum Gasteiger partial charge on any atom is -0.394 e. The fourth-order valence-electron chi connectivity index (χ4n) is 1.81. The molecule has 1 amide bonds. The lowest BCUT2D eigenvalue weighted by molar-refractivity contribution is -0.110. The standard InChI is InChI=1S/C14H13FN2O2/c15-12-2-1-7-16-14(12)11-5-3-10(4-6-11)13(8-18)17-9-19/h1-7,9,13,18H,8H2,(H,17,19). The Hall–Kier alpha value is -2.27. The molecule has 0 aliphatic heterocycles. The van der Waals surface area contributed by atoms with E-state index in [0.29, 0.717) is 12.0 Å². The van der Waals surface area contributed by atoms with Crippen molar-refractivity contribution in [3.8, 4) is 11.3 Å². The van der Waals surface area contributed by atoms with Gasteiger partial charge >= 0.3 is 0 Å². The average Bonchev–Trinajstić information content (AvgIpc) is 2.46. The molecule has 1 unspecified atom stereocenters. The maximum absolute atomic E-state index is 13.6. The van der Waals surface area contributed by atoms with Gasteiger partial charge < -0.3 is 10.4 Å². The summed E-state index contributed by atoms with van der Waals surface area (Å²) in [5.74, 6) is -0.389. The summed E-state index contributed by atoms with van der Waals surface area (Å²) in [7, 11) is 0. The number of hydrogen-bond donors (Lipinski definition) is 2. The van der Waals surface area contributed by atoms with E-state index in [4.69, 9.17) is 5.11 Å². The second-order valence-electron chi connectivity index (χ2n) is 3.98. The summed E-state index contributed by atoms with van der Waals surface area (Å²) in [5.41, 5.74) is 1.66. The zero-order valence-electron chi connectivity index (χ0n) is 10.1. The fraction of sp³-hybridized carbons (Fsp3) is 0.143. The predicted octanol–water partition coefficient (Wildman–Crippen LogP) is 1.67. The number of carbonyl (C=O) groups excluding carboxylic acids is 1.